The van der Waals surface area contributed by atoms with Crippen molar-refractivity contribution >= 4 is 5.97 Å². The Morgan fingerprint density at radius 1 is 1.11 bits per heavy atom. The zero-order valence-corrected chi connectivity index (χ0v) is 11.8. The highest BCUT2D eigenvalue weighted by molar-refractivity contribution is 5.72. The molecule has 0 amide bonds. The van der Waals surface area contributed by atoms with Gasteiger partial charge in [0.1, 0.15) is 6.61 Å². The van der Waals surface area contributed by atoms with Gasteiger partial charge < -0.3 is 4.74 Å². The van der Waals surface area contributed by atoms with Gasteiger partial charge in [-0.2, -0.15) is 0 Å². The highest BCUT2D eigenvalue weighted by Crippen LogP contribution is 2.22. The van der Waals surface area contributed by atoms with E-state index in [1.54, 1.807) is 0 Å². The van der Waals surface area contributed by atoms with E-state index in [4.69, 9.17) is 4.74 Å². The first-order valence-corrected chi connectivity index (χ1v) is 6.71. The largest absolute Gasteiger partial charge is 0.461 e. The van der Waals surface area contributed by atoms with Crippen molar-refractivity contribution in [3.8, 4) is 0 Å². The Balaban J connectivity index is 2.52. The van der Waals surface area contributed by atoms with Crippen molar-refractivity contribution in [1.29, 1.82) is 0 Å². The fourth-order valence-electron chi connectivity index (χ4n) is 1.98. The van der Waals surface area contributed by atoms with Crippen LogP contribution in [0.2, 0.25) is 0 Å². The molecule has 0 saturated carbocycles. The monoisotopic (exact) mass is 248 g/mol. The SMILES string of the molecule is CC(C)CC(C(=O)OCc1ccccc1)C(C)C. The van der Waals surface area contributed by atoms with E-state index < -0.39 is 0 Å². The number of esters is 1. The Labute approximate surface area is 110 Å². The summed E-state index contributed by atoms with van der Waals surface area (Å²) in [5.74, 6) is 0.786. The van der Waals surface area contributed by atoms with Crippen LogP contribution in [0.15, 0.2) is 30.3 Å². The zero-order valence-electron chi connectivity index (χ0n) is 11.8. The second-order valence-corrected chi connectivity index (χ2v) is 5.57. The van der Waals surface area contributed by atoms with E-state index >= 15 is 0 Å². The molecule has 1 rings (SSSR count). The van der Waals surface area contributed by atoms with Crippen LogP contribution in [0.3, 0.4) is 0 Å². The molecule has 0 aliphatic heterocycles. The Hall–Kier alpha value is -1.31. The van der Waals surface area contributed by atoms with Gasteiger partial charge in [0.15, 0.2) is 0 Å². The van der Waals surface area contributed by atoms with Gasteiger partial charge in [0.2, 0.25) is 0 Å². The van der Waals surface area contributed by atoms with Gasteiger partial charge >= 0.3 is 5.97 Å². The Morgan fingerprint density at radius 2 is 1.72 bits per heavy atom. The van der Waals surface area contributed by atoms with E-state index in [9.17, 15) is 4.79 Å². The van der Waals surface area contributed by atoms with Crippen LogP contribution in [-0.2, 0) is 16.1 Å². The van der Waals surface area contributed by atoms with Gasteiger partial charge in [0.25, 0.3) is 0 Å². The fourth-order valence-corrected chi connectivity index (χ4v) is 1.98. The number of hydrogen-bond donors (Lipinski definition) is 0. The smallest absolute Gasteiger partial charge is 0.309 e. The predicted octanol–water partition coefficient (Wildman–Crippen LogP) is 4.05. The van der Waals surface area contributed by atoms with Gasteiger partial charge in [-0.25, -0.2) is 0 Å². The summed E-state index contributed by atoms with van der Waals surface area (Å²) in [5.41, 5.74) is 1.04. The number of carbonyl (C=O) groups is 1. The quantitative estimate of drug-likeness (QED) is 0.710. The van der Waals surface area contributed by atoms with Gasteiger partial charge in [0, 0.05) is 0 Å². The number of hydrogen-bond acceptors (Lipinski definition) is 2. The van der Waals surface area contributed by atoms with Crippen molar-refractivity contribution in [3.63, 3.8) is 0 Å². The highest BCUT2D eigenvalue weighted by atomic mass is 16.5. The molecule has 0 bridgehead atoms. The molecule has 0 saturated heterocycles. The van der Waals surface area contributed by atoms with Crippen LogP contribution in [0.25, 0.3) is 0 Å². The summed E-state index contributed by atoms with van der Waals surface area (Å²) in [6, 6.07) is 9.82. The molecule has 0 fully saturated rings. The minimum atomic E-state index is -0.0671. The molecule has 1 unspecified atom stereocenters. The van der Waals surface area contributed by atoms with E-state index in [1.807, 2.05) is 30.3 Å². The molecule has 2 nitrogen and oxygen atoms in total. The summed E-state index contributed by atoms with van der Waals surface area (Å²) in [5, 5.41) is 0. The molecule has 0 aromatic heterocycles. The maximum absolute atomic E-state index is 12.1. The van der Waals surface area contributed by atoms with E-state index in [-0.39, 0.29) is 11.9 Å². The van der Waals surface area contributed by atoms with Crippen molar-refractivity contribution in [2.45, 2.75) is 40.7 Å². The number of benzene rings is 1. The molecule has 0 aliphatic carbocycles. The summed E-state index contributed by atoms with van der Waals surface area (Å²) in [7, 11) is 0. The molecule has 1 aromatic rings. The van der Waals surface area contributed by atoms with Gasteiger partial charge in [-0.1, -0.05) is 58.0 Å². The standard InChI is InChI=1S/C16H24O2/c1-12(2)10-15(13(3)4)16(17)18-11-14-8-6-5-7-9-14/h5-9,12-13,15H,10-11H2,1-4H3. The molecule has 18 heavy (non-hydrogen) atoms. The first-order chi connectivity index (χ1) is 8.50. The third-order valence-corrected chi connectivity index (χ3v) is 3.06. The van der Waals surface area contributed by atoms with Crippen molar-refractivity contribution in [2.24, 2.45) is 17.8 Å². The molecule has 0 N–H and O–H groups in total. The maximum Gasteiger partial charge on any atom is 0.309 e. The second kappa shape index (κ2) is 7.20. The van der Waals surface area contributed by atoms with E-state index in [0.29, 0.717) is 18.4 Å². The van der Waals surface area contributed by atoms with Gasteiger partial charge in [-0.15, -0.1) is 0 Å². The molecule has 0 spiro atoms. The summed E-state index contributed by atoms with van der Waals surface area (Å²) in [4.78, 5) is 12.1. The summed E-state index contributed by atoms with van der Waals surface area (Å²) in [6.07, 6.45) is 0.894. The summed E-state index contributed by atoms with van der Waals surface area (Å²) >= 11 is 0. The average molecular weight is 248 g/mol. The Kier molecular flexibility index (Phi) is 5.90. The van der Waals surface area contributed by atoms with Crippen LogP contribution in [0.5, 0.6) is 0 Å². The first kappa shape index (κ1) is 14.7. The minimum Gasteiger partial charge on any atom is -0.461 e. The maximum atomic E-state index is 12.1. The van der Waals surface area contributed by atoms with Crippen LogP contribution in [0.4, 0.5) is 0 Å². The lowest BCUT2D eigenvalue weighted by atomic mass is 9.88. The van der Waals surface area contributed by atoms with Crippen LogP contribution >= 0.6 is 0 Å². The molecule has 1 aromatic carbocycles. The van der Waals surface area contributed by atoms with Gasteiger partial charge in [0.05, 0.1) is 5.92 Å². The Morgan fingerprint density at radius 3 is 2.22 bits per heavy atom. The van der Waals surface area contributed by atoms with E-state index in [2.05, 4.69) is 27.7 Å². The number of ether oxygens (including phenoxy) is 1. The highest BCUT2D eigenvalue weighted by Gasteiger charge is 2.24. The Bertz CT molecular complexity index is 355. The molecule has 0 heterocycles. The van der Waals surface area contributed by atoms with Gasteiger partial charge in [-0.3, -0.25) is 4.79 Å². The van der Waals surface area contributed by atoms with E-state index in [1.165, 1.54) is 0 Å². The lowest BCUT2D eigenvalue weighted by Gasteiger charge is -2.21. The zero-order chi connectivity index (χ0) is 13.5. The molecular weight excluding hydrogens is 224 g/mol. The van der Waals surface area contributed by atoms with Crippen molar-refractivity contribution < 1.29 is 9.53 Å². The van der Waals surface area contributed by atoms with Crippen LogP contribution in [0.1, 0.15) is 39.7 Å². The molecule has 0 radical (unpaired) electrons. The second-order valence-electron chi connectivity index (χ2n) is 5.57. The first-order valence-electron chi connectivity index (χ1n) is 6.71. The molecule has 100 valence electrons. The molecule has 1 atom stereocenters. The topological polar surface area (TPSA) is 26.3 Å². The molecule has 2 heteroatoms. The summed E-state index contributed by atoms with van der Waals surface area (Å²) in [6.45, 7) is 8.81. The van der Waals surface area contributed by atoms with Crippen molar-refractivity contribution in [3.05, 3.63) is 35.9 Å². The number of rotatable bonds is 6. The summed E-state index contributed by atoms with van der Waals surface area (Å²) < 4.78 is 5.41. The van der Waals surface area contributed by atoms with Crippen LogP contribution in [0, 0.1) is 17.8 Å². The third-order valence-electron chi connectivity index (χ3n) is 3.06. The van der Waals surface area contributed by atoms with Gasteiger partial charge in [-0.05, 0) is 23.8 Å². The third kappa shape index (κ3) is 4.91. The van der Waals surface area contributed by atoms with Crippen LogP contribution in [-0.4, -0.2) is 5.97 Å². The van der Waals surface area contributed by atoms with Crippen molar-refractivity contribution in [2.75, 3.05) is 0 Å². The minimum absolute atomic E-state index is 0.00807. The fraction of sp³-hybridized carbons (Fsp3) is 0.562. The predicted molar refractivity (Wildman–Crippen MR) is 74.0 cm³/mol. The van der Waals surface area contributed by atoms with Crippen LogP contribution < -0.4 is 0 Å². The van der Waals surface area contributed by atoms with E-state index in [0.717, 1.165) is 12.0 Å². The number of carbonyl (C=O) groups excluding carboxylic acids is 1. The van der Waals surface area contributed by atoms with Crippen molar-refractivity contribution in [1.82, 2.24) is 0 Å². The lowest BCUT2D eigenvalue weighted by Crippen LogP contribution is -2.24. The normalized spacial score (nSPS) is 12.8. The average Bonchev–Trinajstić information content (AvgIpc) is 2.34. The molecule has 0 aliphatic rings. The molecular formula is C16H24O2. The lowest BCUT2D eigenvalue weighted by molar-refractivity contribution is -0.152.